The Balaban J connectivity index is 0.915. The van der Waals surface area contributed by atoms with Crippen LogP contribution >= 0.6 is 23.2 Å². The molecule has 0 saturated carbocycles. The zero-order valence-corrected chi connectivity index (χ0v) is 29.6. The van der Waals surface area contributed by atoms with Gasteiger partial charge in [-0.05, 0) is 73.0 Å². The van der Waals surface area contributed by atoms with E-state index in [0.29, 0.717) is 41.3 Å². The SMILES string of the molecule is CC(C)CCn1ncn(-c2ccc(N3CCN(c4ccc(OC[C@@H]5CO[C@@](Cn6cncn6)(c6ccc(Cl)cc6Cl)O5)cc4)CC3)cc2)c1=O. The fraction of sp³-hybridized carbons (Fsp3) is 0.389. The maximum Gasteiger partial charge on any atom is 0.350 e. The van der Waals surface area contributed by atoms with E-state index in [0.717, 1.165) is 55.4 Å². The topological polar surface area (TPSA) is 105 Å². The molecular formula is C36H40Cl2N8O4. The van der Waals surface area contributed by atoms with Crippen LogP contribution in [0.15, 0.2) is 90.5 Å². The maximum atomic E-state index is 12.8. The van der Waals surface area contributed by atoms with Gasteiger partial charge < -0.3 is 24.0 Å². The second-order valence-electron chi connectivity index (χ2n) is 13.0. The molecule has 4 heterocycles. The Bertz CT molecular complexity index is 1920. The first-order valence-corrected chi connectivity index (χ1v) is 17.6. The minimum atomic E-state index is -1.16. The number of benzene rings is 3. The number of halogens is 2. The third-order valence-corrected chi connectivity index (χ3v) is 9.65. The lowest BCUT2D eigenvalue weighted by Crippen LogP contribution is -2.46. The highest BCUT2D eigenvalue weighted by Gasteiger charge is 2.45. The van der Waals surface area contributed by atoms with Crippen molar-refractivity contribution in [2.24, 2.45) is 5.92 Å². The molecule has 0 aliphatic carbocycles. The molecule has 0 amide bonds. The van der Waals surface area contributed by atoms with Crippen molar-refractivity contribution in [3.05, 3.63) is 112 Å². The molecule has 5 aromatic rings. The third kappa shape index (κ3) is 7.53. The van der Waals surface area contributed by atoms with Crippen molar-refractivity contribution >= 4 is 34.6 Å². The Morgan fingerprint density at radius 2 is 1.58 bits per heavy atom. The quantitative estimate of drug-likeness (QED) is 0.162. The minimum Gasteiger partial charge on any atom is -0.491 e. The highest BCUT2D eigenvalue weighted by atomic mass is 35.5. The number of hydrogen-bond donors (Lipinski definition) is 0. The van der Waals surface area contributed by atoms with E-state index in [1.54, 1.807) is 34.0 Å². The molecule has 14 heteroatoms. The van der Waals surface area contributed by atoms with Gasteiger partial charge in [0.2, 0.25) is 5.79 Å². The lowest BCUT2D eigenvalue weighted by Gasteiger charge is -2.37. The summed E-state index contributed by atoms with van der Waals surface area (Å²) >= 11 is 12.7. The number of rotatable bonds is 12. The van der Waals surface area contributed by atoms with Gasteiger partial charge >= 0.3 is 5.69 Å². The summed E-state index contributed by atoms with van der Waals surface area (Å²) in [7, 11) is 0. The van der Waals surface area contributed by atoms with E-state index in [1.807, 2.05) is 30.3 Å². The lowest BCUT2D eigenvalue weighted by atomic mass is 10.1. The van der Waals surface area contributed by atoms with Crippen molar-refractivity contribution in [3.63, 3.8) is 0 Å². The molecule has 12 nitrogen and oxygen atoms in total. The molecule has 0 bridgehead atoms. The third-order valence-electron chi connectivity index (χ3n) is 9.10. The number of piperazine rings is 1. The van der Waals surface area contributed by atoms with Crippen molar-refractivity contribution in [1.82, 2.24) is 29.1 Å². The van der Waals surface area contributed by atoms with Crippen molar-refractivity contribution < 1.29 is 14.2 Å². The average Bonchev–Trinajstić information content (AvgIpc) is 3.88. The van der Waals surface area contributed by atoms with Gasteiger partial charge in [-0.15, -0.1) is 0 Å². The number of ether oxygens (including phenoxy) is 3. The fourth-order valence-corrected chi connectivity index (χ4v) is 6.87. The molecule has 3 aromatic carbocycles. The highest BCUT2D eigenvalue weighted by Crippen LogP contribution is 2.40. The number of aryl methyl sites for hydroxylation is 1. The summed E-state index contributed by atoms with van der Waals surface area (Å²) in [6.45, 7) is 9.35. The number of anilines is 2. The van der Waals surface area contributed by atoms with Crippen LogP contribution in [-0.2, 0) is 28.4 Å². The van der Waals surface area contributed by atoms with E-state index in [9.17, 15) is 4.79 Å². The molecule has 2 aliphatic heterocycles. The molecule has 0 unspecified atom stereocenters. The lowest BCUT2D eigenvalue weighted by molar-refractivity contribution is -0.190. The van der Waals surface area contributed by atoms with Crippen LogP contribution < -0.4 is 20.2 Å². The van der Waals surface area contributed by atoms with E-state index >= 15 is 0 Å². The molecule has 2 aromatic heterocycles. The van der Waals surface area contributed by atoms with Gasteiger partial charge in [0.05, 0.1) is 17.3 Å². The van der Waals surface area contributed by atoms with Gasteiger partial charge in [-0.3, -0.25) is 0 Å². The first-order valence-electron chi connectivity index (χ1n) is 16.8. The van der Waals surface area contributed by atoms with Crippen molar-refractivity contribution in [2.75, 3.05) is 49.2 Å². The van der Waals surface area contributed by atoms with Crippen LogP contribution in [0, 0.1) is 5.92 Å². The van der Waals surface area contributed by atoms with Crippen LogP contribution in [0.4, 0.5) is 11.4 Å². The Hall–Kier alpha value is -4.36. The van der Waals surface area contributed by atoms with Crippen LogP contribution in [0.5, 0.6) is 5.75 Å². The molecule has 262 valence electrons. The summed E-state index contributed by atoms with van der Waals surface area (Å²) < 4.78 is 23.7. The van der Waals surface area contributed by atoms with Gasteiger partial charge in [0.15, 0.2) is 0 Å². The molecular weight excluding hydrogens is 679 g/mol. The average molecular weight is 720 g/mol. The first-order chi connectivity index (χ1) is 24.3. The van der Waals surface area contributed by atoms with Crippen LogP contribution in [0.3, 0.4) is 0 Å². The zero-order chi connectivity index (χ0) is 34.7. The predicted molar refractivity (Wildman–Crippen MR) is 193 cm³/mol. The van der Waals surface area contributed by atoms with Crippen LogP contribution in [0.2, 0.25) is 10.0 Å². The Morgan fingerprint density at radius 1 is 0.900 bits per heavy atom. The number of hydrogen-bond acceptors (Lipinski definition) is 9. The van der Waals surface area contributed by atoms with Crippen LogP contribution in [-0.4, -0.2) is 74.6 Å². The molecule has 50 heavy (non-hydrogen) atoms. The zero-order valence-electron chi connectivity index (χ0n) is 28.1. The summed E-state index contributed by atoms with van der Waals surface area (Å²) in [5.74, 6) is 0.106. The molecule has 0 spiro atoms. The van der Waals surface area contributed by atoms with Gasteiger partial charge in [0, 0.05) is 54.7 Å². The first kappa shape index (κ1) is 34.1. The summed E-state index contributed by atoms with van der Waals surface area (Å²) in [6, 6.07) is 21.5. The Labute approximate surface area is 300 Å². The molecule has 7 rings (SSSR count). The summed E-state index contributed by atoms with van der Waals surface area (Å²) in [5.41, 5.74) is 3.66. The van der Waals surface area contributed by atoms with Gasteiger partial charge in [-0.25, -0.2) is 23.7 Å². The summed E-state index contributed by atoms with van der Waals surface area (Å²) in [5, 5.41) is 9.51. The van der Waals surface area contributed by atoms with E-state index in [-0.39, 0.29) is 18.3 Å². The van der Waals surface area contributed by atoms with Crippen molar-refractivity contribution in [2.45, 2.75) is 45.2 Å². The van der Waals surface area contributed by atoms with E-state index in [1.165, 1.54) is 11.0 Å². The normalized spacial score (nSPS) is 19.4. The number of nitrogens with zero attached hydrogens (tertiary/aromatic N) is 8. The molecule has 2 saturated heterocycles. The summed E-state index contributed by atoms with van der Waals surface area (Å²) in [4.78, 5) is 21.6. The molecule has 0 N–H and O–H groups in total. The number of aromatic nitrogens is 6. The summed E-state index contributed by atoms with van der Waals surface area (Å²) in [6.07, 6.45) is 5.27. The molecule has 2 aliphatic rings. The van der Waals surface area contributed by atoms with Gasteiger partial charge in [-0.2, -0.15) is 10.2 Å². The maximum absolute atomic E-state index is 12.8. The largest absolute Gasteiger partial charge is 0.491 e. The van der Waals surface area contributed by atoms with Gasteiger partial charge in [0.25, 0.3) is 0 Å². The smallest absolute Gasteiger partial charge is 0.350 e. The minimum absolute atomic E-state index is 0.106. The van der Waals surface area contributed by atoms with E-state index < -0.39 is 5.79 Å². The van der Waals surface area contributed by atoms with Crippen molar-refractivity contribution in [3.8, 4) is 11.4 Å². The van der Waals surface area contributed by atoms with Gasteiger partial charge in [-0.1, -0.05) is 43.1 Å². The Kier molecular flexibility index (Phi) is 10.1. The Morgan fingerprint density at radius 3 is 2.22 bits per heavy atom. The molecule has 0 radical (unpaired) electrons. The van der Waals surface area contributed by atoms with Crippen LogP contribution in [0.25, 0.3) is 5.69 Å². The molecule has 2 atom stereocenters. The van der Waals surface area contributed by atoms with E-state index in [2.05, 4.69) is 63.1 Å². The highest BCUT2D eigenvalue weighted by molar-refractivity contribution is 6.35. The van der Waals surface area contributed by atoms with Gasteiger partial charge in [0.1, 0.15) is 44.0 Å². The molecule has 2 fully saturated rings. The monoisotopic (exact) mass is 718 g/mol. The van der Waals surface area contributed by atoms with Crippen molar-refractivity contribution in [1.29, 1.82) is 0 Å². The predicted octanol–water partition coefficient (Wildman–Crippen LogP) is 5.65. The standard InChI is InChI=1S/C36H40Cl2N8O4/c1-26(2)13-14-46-35(47)45(25-41-46)30-6-4-28(5-7-30)42-15-17-43(18-16-42)29-8-10-31(11-9-29)48-20-32-21-49-36(50-32,22-44-24-39-23-40-44)33-12-3-27(37)19-34(33)38/h3-12,19,23-26,32H,13-18,20-22H2,1-2H3/t32-,36-/m1/s1. The van der Waals surface area contributed by atoms with Crippen LogP contribution in [0.1, 0.15) is 25.8 Å². The second kappa shape index (κ2) is 14.9. The second-order valence-corrected chi connectivity index (χ2v) is 13.8. The van der Waals surface area contributed by atoms with E-state index in [4.69, 9.17) is 37.4 Å². The fourth-order valence-electron chi connectivity index (χ4n) is 6.32.